The number of hydrogen-bond donors (Lipinski definition) is 1. The Balaban J connectivity index is 1.01. The molecule has 0 spiro atoms. The van der Waals surface area contributed by atoms with Crippen LogP contribution in [0.3, 0.4) is 0 Å². The number of carbonyl (C=O) groups is 2. The summed E-state index contributed by atoms with van der Waals surface area (Å²) < 4.78 is 12.1. The highest BCUT2D eigenvalue weighted by molar-refractivity contribution is 6.30. The highest BCUT2D eigenvalue weighted by Gasteiger charge is 2.32. The van der Waals surface area contributed by atoms with Gasteiger partial charge in [0.15, 0.2) is 0 Å². The quantitative estimate of drug-likeness (QED) is 0.202. The van der Waals surface area contributed by atoms with Crippen molar-refractivity contribution in [1.29, 1.82) is 0 Å². The number of para-hydroxylation sites is 1. The van der Waals surface area contributed by atoms with Crippen LogP contribution in [0.1, 0.15) is 35.4 Å². The zero-order chi connectivity index (χ0) is 31.5. The first-order valence-electron chi connectivity index (χ1n) is 15.5. The summed E-state index contributed by atoms with van der Waals surface area (Å²) in [5.74, 6) is 0.317. The summed E-state index contributed by atoms with van der Waals surface area (Å²) in [5.41, 5.74) is 6.28. The van der Waals surface area contributed by atoms with Crippen molar-refractivity contribution in [3.05, 3.63) is 125 Å². The first-order chi connectivity index (χ1) is 22.5. The van der Waals surface area contributed by atoms with Crippen molar-refractivity contribution in [1.82, 2.24) is 20.2 Å². The molecule has 4 aromatic carbocycles. The molecular formula is C37H33ClN4O4. The lowest BCUT2D eigenvalue weighted by molar-refractivity contribution is -0.135. The molecule has 1 N–H and O–H groups in total. The molecule has 9 heteroatoms. The van der Waals surface area contributed by atoms with Crippen LogP contribution >= 0.6 is 11.6 Å². The van der Waals surface area contributed by atoms with Crippen molar-refractivity contribution in [3.8, 4) is 17.0 Å². The van der Waals surface area contributed by atoms with Gasteiger partial charge in [-0.2, -0.15) is 0 Å². The average Bonchev–Trinajstić information content (AvgIpc) is 3.42. The number of nitrogens with one attached hydrogen (secondary N) is 1. The largest absolute Gasteiger partial charge is 0.474 e. The Morgan fingerprint density at radius 2 is 1.50 bits per heavy atom. The van der Waals surface area contributed by atoms with Gasteiger partial charge in [-0.25, -0.2) is 14.8 Å². The smallest absolute Gasteiger partial charge is 0.407 e. The molecule has 0 radical (unpaired) electrons. The van der Waals surface area contributed by atoms with Gasteiger partial charge in [-0.3, -0.25) is 4.79 Å². The average molecular weight is 633 g/mol. The van der Waals surface area contributed by atoms with E-state index in [0.717, 1.165) is 38.7 Å². The molecule has 232 valence electrons. The van der Waals surface area contributed by atoms with Gasteiger partial charge in [0.2, 0.25) is 11.8 Å². The van der Waals surface area contributed by atoms with Crippen molar-refractivity contribution >= 4 is 34.5 Å². The monoisotopic (exact) mass is 632 g/mol. The number of aromatic nitrogens is 2. The van der Waals surface area contributed by atoms with E-state index < -0.39 is 12.1 Å². The Kier molecular flexibility index (Phi) is 8.53. The number of rotatable bonds is 8. The van der Waals surface area contributed by atoms with Gasteiger partial charge in [0.05, 0.1) is 10.9 Å². The van der Waals surface area contributed by atoms with E-state index in [9.17, 15) is 9.59 Å². The van der Waals surface area contributed by atoms with Gasteiger partial charge in [0.1, 0.15) is 25.1 Å². The van der Waals surface area contributed by atoms with Gasteiger partial charge in [-0.15, -0.1) is 0 Å². The molecule has 8 nitrogen and oxygen atoms in total. The third-order valence-electron chi connectivity index (χ3n) is 8.83. The summed E-state index contributed by atoms with van der Waals surface area (Å²) in [6.07, 6.45) is 2.39. The molecule has 46 heavy (non-hydrogen) atoms. The minimum atomic E-state index is -0.805. The number of alkyl carbamates (subject to hydrolysis) is 1. The van der Waals surface area contributed by atoms with E-state index in [2.05, 4.69) is 39.6 Å². The second-order valence-electron chi connectivity index (χ2n) is 11.7. The van der Waals surface area contributed by atoms with Crippen molar-refractivity contribution in [2.24, 2.45) is 0 Å². The van der Waals surface area contributed by atoms with Crippen LogP contribution in [-0.4, -0.2) is 58.7 Å². The predicted molar refractivity (Wildman–Crippen MR) is 177 cm³/mol. The minimum Gasteiger partial charge on any atom is -0.474 e. The molecule has 0 unspecified atom stereocenters. The fourth-order valence-corrected chi connectivity index (χ4v) is 6.61. The highest BCUT2D eigenvalue weighted by Crippen LogP contribution is 2.44. The Labute approximate surface area is 272 Å². The van der Waals surface area contributed by atoms with Crippen molar-refractivity contribution < 1.29 is 19.1 Å². The number of hydrogen-bond acceptors (Lipinski definition) is 6. The van der Waals surface area contributed by atoms with E-state index in [1.807, 2.05) is 60.7 Å². The van der Waals surface area contributed by atoms with E-state index in [4.69, 9.17) is 21.1 Å². The fraction of sp³-hybridized carbons (Fsp3) is 0.243. The molecular weight excluding hydrogens is 600 g/mol. The lowest BCUT2D eigenvalue weighted by atomic mass is 9.98. The zero-order valence-corrected chi connectivity index (χ0v) is 25.9. The Morgan fingerprint density at radius 3 is 2.22 bits per heavy atom. The first kappa shape index (κ1) is 29.7. The summed E-state index contributed by atoms with van der Waals surface area (Å²) in [4.78, 5) is 37.6. The molecule has 1 aliphatic heterocycles. The Morgan fingerprint density at radius 1 is 0.848 bits per heavy atom. The van der Waals surface area contributed by atoms with Gasteiger partial charge in [0, 0.05) is 43.3 Å². The van der Waals surface area contributed by atoms with E-state index in [1.165, 1.54) is 6.33 Å². The Bertz CT molecular complexity index is 1820. The predicted octanol–water partition coefficient (Wildman–Crippen LogP) is 6.80. The maximum absolute atomic E-state index is 13.9. The second-order valence-corrected chi connectivity index (χ2v) is 12.1. The second kappa shape index (κ2) is 13.2. The molecule has 1 saturated heterocycles. The lowest BCUT2D eigenvalue weighted by Gasteiger charge is -2.34. The summed E-state index contributed by atoms with van der Waals surface area (Å²) in [6.45, 7) is 1.16. The number of halogens is 1. The van der Waals surface area contributed by atoms with E-state index in [-0.39, 0.29) is 24.5 Å². The summed E-state index contributed by atoms with van der Waals surface area (Å²) in [6, 6.07) is 30.6. The third-order valence-corrected chi connectivity index (χ3v) is 9.08. The fourth-order valence-electron chi connectivity index (χ4n) is 6.48. The standard InChI is InChI=1S/C37H33ClN4O4/c38-25-15-13-24(14-16-25)21-34(41-37(44)45-22-32-29-9-3-1-7-27(29)28-8-2-4-10-30(28)32)36(43)42-19-17-26(18-20-42)46-35-31-11-5-6-12-33(31)39-23-40-35/h1-16,23,26,32,34H,17-22H2,(H,41,44)/t34-/m1/s1. The molecule has 0 bridgehead atoms. The van der Waals surface area contributed by atoms with Crippen LogP contribution in [0.15, 0.2) is 103 Å². The molecule has 2 heterocycles. The maximum Gasteiger partial charge on any atom is 0.407 e. The number of amides is 2. The molecule has 2 aliphatic rings. The zero-order valence-electron chi connectivity index (χ0n) is 25.1. The van der Waals surface area contributed by atoms with Crippen LogP contribution in [-0.2, 0) is 16.0 Å². The molecule has 1 aromatic heterocycles. The van der Waals surface area contributed by atoms with Gasteiger partial charge >= 0.3 is 6.09 Å². The highest BCUT2D eigenvalue weighted by atomic mass is 35.5. The maximum atomic E-state index is 13.9. The van der Waals surface area contributed by atoms with E-state index in [0.29, 0.717) is 43.3 Å². The SMILES string of the molecule is O=C(N[C@H](Cc1ccc(Cl)cc1)C(=O)N1CCC(Oc2ncnc3ccccc23)CC1)OCC1c2ccccc2-c2ccccc21. The number of ether oxygens (including phenoxy) is 2. The van der Waals surface area contributed by atoms with Crippen LogP contribution in [0.2, 0.25) is 5.02 Å². The lowest BCUT2D eigenvalue weighted by Crippen LogP contribution is -2.52. The van der Waals surface area contributed by atoms with Crippen molar-refractivity contribution in [2.75, 3.05) is 19.7 Å². The normalized spacial score (nSPS) is 15.2. The van der Waals surface area contributed by atoms with Crippen LogP contribution < -0.4 is 10.1 Å². The summed E-state index contributed by atoms with van der Waals surface area (Å²) >= 11 is 6.11. The van der Waals surface area contributed by atoms with Crippen LogP contribution in [0, 0.1) is 0 Å². The molecule has 5 aromatic rings. The van der Waals surface area contributed by atoms with Crippen LogP contribution in [0.5, 0.6) is 5.88 Å². The first-order valence-corrected chi connectivity index (χ1v) is 15.9. The minimum absolute atomic E-state index is 0.0744. The van der Waals surface area contributed by atoms with Crippen molar-refractivity contribution in [2.45, 2.75) is 37.3 Å². The van der Waals surface area contributed by atoms with Gasteiger partial charge in [0.25, 0.3) is 0 Å². The molecule has 1 aliphatic carbocycles. The van der Waals surface area contributed by atoms with Crippen molar-refractivity contribution in [3.63, 3.8) is 0 Å². The number of likely N-dealkylation sites (tertiary alicyclic amines) is 1. The molecule has 1 fully saturated rings. The molecule has 0 saturated carbocycles. The van der Waals surface area contributed by atoms with Crippen LogP contribution in [0.4, 0.5) is 4.79 Å². The number of piperidine rings is 1. The number of benzene rings is 4. The third kappa shape index (κ3) is 6.26. The summed E-state index contributed by atoms with van der Waals surface area (Å²) in [5, 5.41) is 4.35. The topological polar surface area (TPSA) is 93.7 Å². The number of fused-ring (bicyclic) bond motifs is 4. The van der Waals surface area contributed by atoms with E-state index >= 15 is 0 Å². The number of carbonyl (C=O) groups excluding carboxylic acids is 2. The van der Waals surface area contributed by atoms with Gasteiger partial charge in [-0.05, 0) is 52.1 Å². The Hall–Kier alpha value is -4.95. The van der Waals surface area contributed by atoms with Gasteiger partial charge < -0.3 is 19.7 Å². The molecule has 1 atom stereocenters. The molecule has 7 rings (SSSR count). The van der Waals surface area contributed by atoms with E-state index in [1.54, 1.807) is 17.0 Å². The number of nitrogens with zero attached hydrogens (tertiary/aromatic N) is 3. The van der Waals surface area contributed by atoms with Gasteiger partial charge in [-0.1, -0.05) is 84.4 Å². The van der Waals surface area contributed by atoms with Crippen LogP contribution in [0.25, 0.3) is 22.0 Å². The summed E-state index contributed by atoms with van der Waals surface area (Å²) in [7, 11) is 0. The molecule has 2 amide bonds.